The molecule has 2 nitrogen and oxygen atoms in total. The van der Waals surface area contributed by atoms with Gasteiger partial charge in [0.15, 0.2) is 5.78 Å². The number of ketones is 2. The molecule has 172 valence electrons. The Hall–Kier alpha value is -2.71. The number of hydrogen-bond acceptors (Lipinski definition) is 2. The van der Waals surface area contributed by atoms with Crippen molar-refractivity contribution in [2.24, 2.45) is 0 Å². The monoisotopic (exact) mass is 460 g/mol. The van der Waals surface area contributed by atoms with Crippen molar-refractivity contribution in [1.82, 2.24) is 0 Å². The first-order chi connectivity index (χ1) is 14.6. The molecule has 0 bridgehead atoms. The highest BCUT2D eigenvalue weighted by Gasteiger charge is 2.72. The predicted octanol–water partition coefficient (Wildman–Crippen LogP) is 6.75. The second-order valence-corrected chi connectivity index (χ2v) is 8.35. The van der Waals surface area contributed by atoms with Crippen LogP contribution in [0.4, 0.5) is 30.7 Å². The molecule has 0 spiro atoms. The minimum absolute atomic E-state index is 0.130. The quantitative estimate of drug-likeness (QED) is 0.260. The van der Waals surface area contributed by atoms with E-state index in [1.807, 2.05) is 38.1 Å². The van der Waals surface area contributed by atoms with Crippen LogP contribution in [0.3, 0.4) is 0 Å². The molecule has 2 aromatic carbocycles. The number of carbonyl (C=O) groups is 2. The molecule has 0 aliphatic heterocycles. The Morgan fingerprint density at radius 2 is 1.44 bits per heavy atom. The van der Waals surface area contributed by atoms with E-state index >= 15 is 0 Å². The molecule has 1 aliphatic carbocycles. The maximum absolute atomic E-state index is 13.4. The van der Waals surface area contributed by atoms with Crippen molar-refractivity contribution in [1.29, 1.82) is 0 Å². The number of benzene rings is 2. The molecule has 0 amide bonds. The Kier molecular flexibility index (Phi) is 5.77. The first-order valence-corrected chi connectivity index (χ1v) is 9.71. The molecule has 0 radical (unpaired) electrons. The van der Waals surface area contributed by atoms with Crippen molar-refractivity contribution in [2.45, 2.75) is 56.5 Å². The molecular formula is C23H19F7O2. The van der Waals surface area contributed by atoms with Crippen molar-refractivity contribution in [2.75, 3.05) is 0 Å². The van der Waals surface area contributed by atoms with Gasteiger partial charge >= 0.3 is 18.0 Å². The van der Waals surface area contributed by atoms with Crippen LogP contribution in [0.5, 0.6) is 0 Å². The minimum Gasteiger partial charge on any atom is -0.299 e. The Labute approximate surface area is 179 Å². The van der Waals surface area contributed by atoms with Crippen LogP contribution in [0.15, 0.2) is 42.5 Å². The molecule has 2 aromatic rings. The summed E-state index contributed by atoms with van der Waals surface area (Å²) < 4.78 is 89.2. The van der Waals surface area contributed by atoms with Gasteiger partial charge in [-0.2, -0.15) is 30.7 Å². The van der Waals surface area contributed by atoms with Crippen molar-refractivity contribution >= 4 is 11.6 Å². The topological polar surface area (TPSA) is 34.1 Å². The van der Waals surface area contributed by atoms with Gasteiger partial charge in [-0.1, -0.05) is 50.2 Å². The van der Waals surface area contributed by atoms with Crippen molar-refractivity contribution < 1.29 is 40.3 Å². The SMILES string of the molecule is CC1(C)c2ccccc2-c2ccc(C(=O)CC(=O)CCC(F)(F)C(F)(F)C(F)(F)F)cc21. The summed E-state index contributed by atoms with van der Waals surface area (Å²) >= 11 is 0. The Bertz CT molecular complexity index is 1070. The van der Waals surface area contributed by atoms with Crippen LogP contribution in [0.25, 0.3) is 11.1 Å². The average Bonchev–Trinajstić information content (AvgIpc) is 2.93. The number of Topliss-reactive ketones (excluding diaryl/α,β-unsaturated/α-hetero) is 2. The first-order valence-electron chi connectivity index (χ1n) is 9.71. The van der Waals surface area contributed by atoms with E-state index in [0.29, 0.717) is 0 Å². The van der Waals surface area contributed by atoms with Gasteiger partial charge in [0, 0.05) is 23.8 Å². The van der Waals surface area contributed by atoms with E-state index in [0.717, 1.165) is 22.3 Å². The number of carbonyl (C=O) groups excluding carboxylic acids is 2. The van der Waals surface area contributed by atoms with E-state index < -0.39 is 54.3 Å². The number of fused-ring (bicyclic) bond motifs is 3. The zero-order valence-electron chi connectivity index (χ0n) is 17.1. The fourth-order valence-corrected chi connectivity index (χ4v) is 3.91. The lowest BCUT2D eigenvalue weighted by molar-refractivity contribution is -0.355. The van der Waals surface area contributed by atoms with Crippen LogP contribution in [0, 0.1) is 0 Å². The van der Waals surface area contributed by atoms with E-state index in [1.165, 1.54) is 6.07 Å². The van der Waals surface area contributed by atoms with E-state index in [9.17, 15) is 40.3 Å². The Morgan fingerprint density at radius 1 is 0.844 bits per heavy atom. The Morgan fingerprint density at radius 3 is 2.06 bits per heavy atom. The van der Waals surface area contributed by atoms with Gasteiger partial charge in [0.25, 0.3) is 0 Å². The van der Waals surface area contributed by atoms with Crippen LogP contribution in [-0.2, 0) is 10.2 Å². The lowest BCUT2D eigenvalue weighted by Crippen LogP contribution is -2.52. The number of alkyl halides is 7. The number of rotatable bonds is 7. The van der Waals surface area contributed by atoms with Crippen LogP contribution in [0.2, 0.25) is 0 Å². The molecule has 0 atom stereocenters. The van der Waals surface area contributed by atoms with Crippen molar-refractivity contribution in [3.63, 3.8) is 0 Å². The van der Waals surface area contributed by atoms with Gasteiger partial charge in [0.05, 0.1) is 6.42 Å². The van der Waals surface area contributed by atoms with Gasteiger partial charge in [-0.15, -0.1) is 0 Å². The lowest BCUT2D eigenvalue weighted by Gasteiger charge is -2.27. The minimum atomic E-state index is -6.45. The predicted molar refractivity (Wildman–Crippen MR) is 103 cm³/mol. The zero-order valence-corrected chi connectivity index (χ0v) is 17.1. The van der Waals surface area contributed by atoms with E-state index in [-0.39, 0.29) is 5.56 Å². The molecule has 0 saturated heterocycles. The first kappa shape index (κ1) is 23.9. The average molecular weight is 460 g/mol. The van der Waals surface area contributed by atoms with Crippen LogP contribution >= 0.6 is 0 Å². The van der Waals surface area contributed by atoms with Gasteiger partial charge < -0.3 is 0 Å². The molecule has 0 unspecified atom stereocenters. The van der Waals surface area contributed by atoms with E-state index in [1.54, 1.807) is 12.1 Å². The fourth-order valence-electron chi connectivity index (χ4n) is 3.91. The fraction of sp³-hybridized carbons (Fsp3) is 0.391. The standard InChI is InChI=1S/C23H19F7O2/c1-20(2)17-6-4-3-5-15(17)16-8-7-13(11-18(16)20)19(32)12-14(31)9-10-21(24,25)22(26,27)23(28,29)30/h3-8,11H,9-10,12H2,1-2H3. The van der Waals surface area contributed by atoms with Crippen LogP contribution < -0.4 is 0 Å². The van der Waals surface area contributed by atoms with Gasteiger partial charge in [-0.25, -0.2) is 0 Å². The highest BCUT2D eigenvalue weighted by Crippen LogP contribution is 2.49. The summed E-state index contributed by atoms with van der Waals surface area (Å²) in [7, 11) is 0. The summed E-state index contributed by atoms with van der Waals surface area (Å²) in [5.41, 5.74) is 3.47. The third-order valence-electron chi connectivity index (χ3n) is 5.80. The van der Waals surface area contributed by atoms with E-state index in [4.69, 9.17) is 0 Å². The third kappa shape index (κ3) is 3.93. The molecular weight excluding hydrogens is 441 g/mol. The zero-order chi connectivity index (χ0) is 24.1. The third-order valence-corrected chi connectivity index (χ3v) is 5.80. The highest BCUT2D eigenvalue weighted by molar-refractivity contribution is 6.08. The van der Waals surface area contributed by atoms with Crippen LogP contribution in [-0.4, -0.2) is 29.6 Å². The highest BCUT2D eigenvalue weighted by atomic mass is 19.4. The largest absolute Gasteiger partial charge is 0.459 e. The second kappa shape index (κ2) is 7.71. The summed E-state index contributed by atoms with van der Waals surface area (Å²) in [5, 5.41) is 0. The maximum Gasteiger partial charge on any atom is 0.459 e. The molecule has 0 saturated carbocycles. The molecule has 0 fully saturated rings. The molecule has 0 heterocycles. The van der Waals surface area contributed by atoms with Crippen LogP contribution in [0.1, 0.15) is 54.6 Å². The van der Waals surface area contributed by atoms with Crippen molar-refractivity contribution in [3.05, 3.63) is 59.2 Å². The smallest absolute Gasteiger partial charge is 0.299 e. The summed E-state index contributed by atoms with van der Waals surface area (Å²) in [4.78, 5) is 24.4. The summed E-state index contributed by atoms with van der Waals surface area (Å²) in [6.07, 6.45) is -10.6. The molecule has 32 heavy (non-hydrogen) atoms. The van der Waals surface area contributed by atoms with Crippen molar-refractivity contribution in [3.8, 4) is 11.1 Å². The number of halogens is 7. The van der Waals surface area contributed by atoms with Gasteiger partial charge in [0.1, 0.15) is 5.78 Å². The second-order valence-electron chi connectivity index (χ2n) is 8.35. The van der Waals surface area contributed by atoms with Gasteiger partial charge in [-0.05, 0) is 28.3 Å². The molecule has 1 aliphatic rings. The summed E-state index contributed by atoms with van der Waals surface area (Å²) in [6, 6.07) is 12.4. The molecule has 3 rings (SSSR count). The molecule has 0 N–H and O–H groups in total. The van der Waals surface area contributed by atoms with Gasteiger partial charge in [-0.3, -0.25) is 9.59 Å². The summed E-state index contributed by atoms with van der Waals surface area (Å²) in [6.45, 7) is 3.92. The maximum atomic E-state index is 13.4. The molecule has 9 heteroatoms. The van der Waals surface area contributed by atoms with E-state index in [2.05, 4.69) is 0 Å². The number of hydrogen-bond donors (Lipinski definition) is 0. The Balaban J connectivity index is 1.71. The molecule has 0 aromatic heterocycles. The normalized spacial score (nSPS) is 15.3. The van der Waals surface area contributed by atoms with Gasteiger partial charge in [0.2, 0.25) is 0 Å². The lowest BCUT2D eigenvalue weighted by atomic mass is 9.81. The summed E-state index contributed by atoms with van der Waals surface area (Å²) in [5.74, 6) is -13.6.